The average Bonchev–Trinajstić information content (AvgIpc) is 1.46. The van der Waals surface area contributed by atoms with Crippen molar-refractivity contribution in [2.45, 2.75) is 21.3 Å². The molecule has 0 fully saturated rings. The third kappa shape index (κ3) is 559. The second-order valence-corrected chi connectivity index (χ2v) is 0.224. The second-order valence-electron chi connectivity index (χ2n) is 0.0745. The van der Waals surface area contributed by atoms with Gasteiger partial charge in [0.1, 0.15) is 0 Å². The van der Waals surface area contributed by atoms with Gasteiger partial charge in [-0.3, -0.25) is 0 Å². The van der Waals surface area contributed by atoms with Gasteiger partial charge in [0.15, 0.2) is 0 Å². The molecule has 0 saturated carbocycles. The molecule has 0 unspecified atom stereocenters. The van der Waals surface area contributed by atoms with Crippen LogP contribution in [0.2, 0.25) is 0 Å². The minimum absolute atomic E-state index is 0. The van der Waals surface area contributed by atoms with E-state index in [0.29, 0.717) is 0 Å². The maximum atomic E-state index is 8.35. The molecular weight excluding hydrogens is 170 g/mol. The molecule has 0 spiro atoms. The van der Waals surface area contributed by atoms with E-state index < -0.39 is 8.34 Å². The van der Waals surface area contributed by atoms with E-state index in [9.17, 15) is 0 Å². The van der Waals surface area contributed by atoms with E-state index >= 15 is 0 Å². The van der Waals surface area contributed by atoms with E-state index in [0.717, 1.165) is 0 Å². The van der Waals surface area contributed by atoms with Gasteiger partial charge in [-0.1, -0.05) is 21.3 Å². The number of rotatable bonds is 0. The Morgan fingerprint density at radius 3 is 1.00 bits per heavy atom. The summed E-state index contributed by atoms with van der Waals surface area (Å²) < 4.78 is 16.7. The predicted octanol–water partition coefficient (Wildman–Crippen LogP) is 3.13. The molecule has 0 aromatic carbocycles. The van der Waals surface area contributed by atoms with Crippen LogP contribution in [0.5, 0.6) is 0 Å². The minimum atomic E-state index is -1.08. The Labute approximate surface area is 64.1 Å². The van der Waals surface area contributed by atoms with Crippen LogP contribution in [0.3, 0.4) is 0 Å². The summed E-state index contributed by atoms with van der Waals surface area (Å²) in [6.07, 6.45) is 0. The van der Waals surface area contributed by atoms with E-state index in [4.69, 9.17) is 9.13 Å². The van der Waals surface area contributed by atoms with Crippen LogP contribution in [0.1, 0.15) is 21.3 Å². The van der Waals surface area contributed by atoms with Crippen LogP contribution < -0.4 is 0 Å². The molecule has 0 aromatic heterocycles. The van der Waals surface area contributed by atoms with E-state index in [1.54, 1.807) is 0 Å². The number of hydrogen-bond donors (Lipinski definition) is 0. The van der Waals surface area contributed by atoms with Gasteiger partial charge >= 0.3 is 17.5 Å². The van der Waals surface area contributed by atoms with Gasteiger partial charge in [-0.2, -0.15) is 0 Å². The molecule has 0 aliphatic rings. The van der Waals surface area contributed by atoms with Crippen LogP contribution in [-0.4, -0.2) is 0 Å². The fourth-order valence-electron chi connectivity index (χ4n) is 0. The summed E-state index contributed by atoms with van der Waals surface area (Å²) in [4.78, 5) is 0. The summed E-state index contributed by atoms with van der Waals surface area (Å²) in [5, 5.41) is 0. The van der Waals surface area contributed by atoms with E-state index in [1.807, 2.05) is 13.8 Å². The molecule has 54 valence electrons. The Bertz CT molecular complexity index is 36.3. The monoisotopic (exact) mass is 181 g/mol. The Hall–Kier alpha value is 0.610. The van der Waals surface area contributed by atoms with Gasteiger partial charge in [-0.15, -0.1) is 24.8 Å². The van der Waals surface area contributed by atoms with Crippen molar-refractivity contribution in [1.82, 2.24) is 0 Å². The first-order chi connectivity index (χ1) is 2.41. The molecule has 0 atom stereocenters. The Kier molecular flexibility index (Phi) is 613. The van der Waals surface area contributed by atoms with Crippen molar-refractivity contribution in [3.63, 3.8) is 0 Å². The van der Waals surface area contributed by atoms with Gasteiger partial charge in [0.2, 0.25) is 0 Å². The number of halogens is 2. The molecule has 2 nitrogen and oxygen atoms in total. The van der Waals surface area contributed by atoms with Crippen molar-refractivity contribution in [2.24, 2.45) is 0 Å². The predicted molar refractivity (Wildman–Crippen MR) is 40.9 cm³/mol. The summed E-state index contributed by atoms with van der Waals surface area (Å²) in [7, 11) is -1.08. The van der Waals surface area contributed by atoms with Crippen molar-refractivity contribution in [1.29, 1.82) is 0 Å². The van der Waals surface area contributed by atoms with Crippen LogP contribution in [0, 0.1) is 0 Å². The van der Waals surface area contributed by atoms with Crippen molar-refractivity contribution in [3.8, 4) is 0 Å². The van der Waals surface area contributed by atoms with Gasteiger partial charge in [0, 0.05) is 0 Å². The molecule has 0 aliphatic carbocycles. The third-order valence-corrected chi connectivity index (χ3v) is 0. The van der Waals surface area contributed by atoms with Crippen LogP contribution in [0.4, 0.5) is 0 Å². The van der Waals surface area contributed by atoms with Crippen molar-refractivity contribution < 1.29 is 9.13 Å². The fraction of sp³-hybridized carbons (Fsp3) is 1.00. The zero-order valence-electron chi connectivity index (χ0n) is 4.08. The van der Waals surface area contributed by atoms with Gasteiger partial charge in [-0.05, 0) is 0 Å². The van der Waals surface area contributed by atoms with Gasteiger partial charge < -0.3 is 0 Å². The Morgan fingerprint density at radius 2 is 1.00 bits per heavy atom. The van der Waals surface area contributed by atoms with E-state index in [1.165, 1.54) is 0 Å². The summed E-state index contributed by atoms with van der Waals surface area (Å²) in [5.74, 6) is 0. The van der Waals surface area contributed by atoms with Crippen molar-refractivity contribution in [2.75, 3.05) is 0 Å². The first kappa shape index (κ1) is 38.3. The van der Waals surface area contributed by atoms with Crippen molar-refractivity contribution >= 4 is 33.2 Å². The first-order valence-corrected chi connectivity index (χ1v) is 2.10. The molecular formula is C3H12Cl2O2P+. The van der Waals surface area contributed by atoms with E-state index in [2.05, 4.69) is 0 Å². The first-order valence-electron chi connectivity index (χ1n) is 1.37. The van der Waals surface area contributed by atoms with Gasteiger partial charge in [0.25, 0.3) is 0 Å². The third-order valence-electron chi connectivity index (χ3n) is 0. The van der Waals surface area contributed by atoms with Crippen LogP contribution in [0.25, 0.3) is 0 Å². The Balaban J connectivity index is -0.00000000567. The summed E-state index contributed by atoms with van der Waals surface area (Å²) in [6.45, 7) is 4.00. The molecule has 0 amide bonds. The molecule has 0 radical (unpaired) electrons. The molecule has 0 saturated heterocycles. The molecule has 0 aromatic rings. The quantitative estimate of drug-likeness (QED) is 0.539. The summed E-state index contributed by atoms with van der Waals surface area (Å²) in [6, 6.07) is 0. The zero-order valence-corrected chi connectivity index (χ0v) is 6.61. The zero-order chi connectivity index (χ0) is 4.71. The van der Waals surface area contributed by atoms with E-state index in [-0.39, 0.29) is 32.2 Å². The molecule has 0 aliphatic heterocycles. The van der Waals surface area contributed by atoms with Gasteiger partial charge in [0.05, 0.1) is 0 Å². The molecule has 0 N–H and O–H groups in total. The fourth-order valence-corrected chi connectivity index (χ4v) is 0. The van der Waals surface area contributed by atoms with Crippen molar-refractivity contribution in [3.05, 3.63) is 0 Å². The van der Waals surface area contributed by atoms with Gasteiger partial charge in [-0.25, -0.2) is 0 Å². The molecule has 0 rings (SSSR count). The summed E-state index contributed by atoms with van der Waals surface area (Å²) in [5.41, 5.74) is 0. The normalized spacial score (nSPS) is 1.75. The van der Waals surface area contributed by atoms with Crippen LogP contribution in [0.15, 0.2) is 0 Å². The second kappa shape index (κ2) is 128. The maximum absolute atomic E-state index is 8.35. The molecule has 0 heterocycles. The number of hydrogen-bond acceptors (Lipinski definition) is 2. The standard InChI is InChI=1S/C2H6.CH4.2ClH.O2P/c1-2;;;;1-3-2/h1-2H3;1H4;2*1H;/q;;;;+1. The Morgan fingerprint density at radius 1 is 1.00 bits per heavy atom. The SMILES string of the molecule is C.CC.Cl.Cl.O=[P+]=O. The molecule has 0 bridgehead atoms. The molecule has 5 heteroatoms. The topological polar surface area (TPSA) is 34.1 Å². The molecule has 8 heavy (non-hydrogen) atoms. The van der Waals surface area contributed by atoms with Crippen LogP contribution >= 0.6 is 33.2 Å². The van der Waals surface area contributed by atoms with Crippen LogP contribution in [-0.2, 0) is 9.13 Å². The summed E-state index contributed by atoms with van der Waals surface area (Å²) >= 11 is 0. The average molecular weight is 182 g/mol.